The molecule has 23 heavy (non-hydrogen) atoms. The molecule has 2 aromatic rings. The van der Waals surface area contributed by atoms with E-state index in [1.54, 1.807) is 4.90 Å². The summed E-state index contributed by atoms with van der Waals surface area (Å²) in [5.74, 6) is 0.0837. The first kappa shape index (κ1) is 16.2. The number of carbonyl (C=O) groups is 1. The molecular weight excluding hydrogens is 315 g/mol. The van der Waals surface area contributed by atoms with Crippen molar-refractivity contribution < 1.29 is 13.9 Å². The van der Waals surface area contributed by atoms with Gasteiger partial charge in [-0.15, -0.1) is 0 Å². The maximum atomic E-state index is 13.3. The molecule has 1 aromatic carbocycles. The Morgan fingerprint density at radius 3 is 2.70 bits per heavy atom. The maximum absolute atomic E-state index is 13.3. The highest BCUT2D eigenvalue weighted by Crippen LogP contribution is 2.34. The lowest BCUT2D eigenvalue weighted by molar-refractivity contribution is 0.0204. The van der Waals surface area contributed by atoms with Crippen LogP contribution in [0.3, 0.4) is 0 Å². The second kappa shape index (κ2) is 6.07. The first-order chi connectivity index (χ1) is 10.8. The predicted octanol–water partition coefficient (Wildman–Crippen LogP) is 4.55. The third kappa shape index (κ3) is 3.63. The number of piperidine rings is 1. The molecule has 0 unspecified atom stereocenters. The molecule has 6 heteroatoms. The third-order valence-corrected chi connectivity index (χ3v) is 4.82. The van der Waals surface area contributed by atoms with E-state index < -0.39 is 5.60 Å². The minimum absolute atomic E-state index is 0.229. The zero-order valence-corrected chi connectivity index (χ0v) is 14.5. The van der Waals surface area contributed by atoms with Crippen molar-refractivity contribution in [2.24, 2.45) is 0 Å². The van der Waals surface area contributed by atoms with Gasteiger partial charge in [-0.2, -0.15) is 4.37 Å². The Bertz CT molecular complexity index is 715. The number of benzene rings is 1. The first-order valence-corrected chi connectivity index (χ1v) is 8.63. The minimum Gasteiger partial charge on any atom is -0.444 e. The highest BCUT2D eigenvalue weighted by Gasteiger charge is 2.29. The monoisotopic (exact) mass is 336 g/mol. The van der Waals surface area contributed by atoms with Crippen molar-refractivity contribution in [3.63, 3.8) is 0 Å². The molecule has 0 saturated carbocycles. The van der Waals surface area contributed by atoms with Crippen LogP contribution in [0.1, 0.15) is 45.2 Å². The van der Waals surface area contributed by atoms with Crippen LogP contribution in [-0.4, -0.2) is 34.1 Å². The number of amides is 1. The van der Waals surface area contributed by atoms with Crippen LogP contribution in [0.25, 0.3) is 10.1 Å². The number of ether oxygens (including phenoxy) is 1. The Morgan fingerprint density at radius 1 is 1.35 bits per heavy atom. The molecule has 0 atom stereocenters. The summed E-state index contributed by atoms with van der Waals surface area (Å²) in [5.41, 5.74) is 0.567. The summed E-state index contributed by atoms with van der Waals surface area (Å²) in [7, 11) is 0. The Labute approximate surface area is 139 Å². The van der Waals surface area contributed by atoms with E-state index in [9.17, 15) is 9.18 Å². The molecule has 0 radical (unpaired) electrons. The average molecular weight is 336 g/mol. The molecule has 4 nitrogen and oxygen atoms in total. The quantitative estimate of drug-likeness (QED) is 0.767. The van der Waals surface area contributed by atoms with Crippen molar-refractivity contribution >= 4 is 27.7 Å². The van der Waals surface area contributed by atoms with Crippen molar-refractivity contribution in [2.75, 3.05) is 13.1 Å². The molecule has 1 aromatic heterocycles. The number of nitrogens with zero attached hydrogens (tertiary/aromatic N) is 2. The van der Waals surface area contributed by atoms with Gasteiger partial charge in [-0.05, 0) is 63.3 Å². The van der Waals surface area contributed by atoms with Gasteiger partial charge in [0.2, 0.25) is 0 Å². The zero-order valence-electron chi connectivity index (χ0n) is 13.6. The maximum Gasteiger partial charge on any atom is 0.410 e. The van der Waals surface area contributed by atoms with E-state index in [1.807, 2.05) is 26.8 Å². The molecule has 2 heterocycles. The Balaban J connectivity index is 1.67. The van der Waals surface area contributed by atoms with Crippen LogP contribution in [0.5, 0.6) is 0 Å². The van der Waals surface area contributed by atoms with Crippen LogP contribution in [0.15, 0.2) is 18.2 Å². The summed E-state index contributed by atoms with van der Waals surface area (Å²) in [6, 6.07) is 4.83. The molecule has 3 rings (SSSR count). The van der Waals surface area contributed by atoms with Gasteiger partial charge in [-0.3, -0.25) is 0 Å². The van der Waals surface area contributed by atoms with E-state index in [0.717, 1.165) is 28.6 Å². The van der Waals surface area contributed by atoms with Crippen LogP contribution in [0.2, 0.25) is 0 Å². The second-order valence-electron chi connectivity index (χ2n) is 6.95. The van der Waals surface area contributed by atoms with Gasteiger partial charge in [0.15, 0.2) is 0 Å². The number of likely N-dealkylation sites (tertiary alicyclic amines) is 1. The van der Waals surface area contributed by atoms with Gasteiger partial charge in [-0.25, -0.2) is 9.18 Å². The lowest BCUT2D eigenvalue weighted by Crippen LogP contribution is -2.41. The minimum atomic E-state index is -0.469. The zero-order chi connectivity index (χ0) is 16.6. The fraction of sp³-hybridized carbons (Fsp3) is 0.529. The Hall–Kier alpha value is -1.69. The summed E-state index contributed by atoms with van der Waals surface area (Å²) < 4.78 is 24.1. The number of halogens is 1. The smallest absolute Gasteiger partial charge is 0.410 e. The van der Waals surface area contributed by atoms with Gasteiger partial charge in [-0.1, -0.05) is 0 Å². The lowest BCUT2D eigenvalue weighted by atomic mass is 9.92. The fourth-order valence-electron chi connectivity index (χ4n) is 2.89. The van der Waals surface area contributed by atoms with Crippen LogP contribution in [0.4, 0.5) is 9.18 Å². The first-order valence-electron chi connectivity index (χ1n) is 7.86. The van der Waals surface area contributed by atoms with E-state index in [1.165, 1.54) is 23.7 Å². The summed E-state index contributed by atoms with van der Waals surface area (Å²) in [5, 5.41) is 1.03. The van der Waals surface area contributed by atoms with E-state index in [-0.39, 0.29) is 11.9 Å². The average Bonchev–Trinajstić information content (AvgIpc) is 2.88. The molecule has 1 amide bonds. The van der Waals surface area contributed by atoms with Crippen molar-refractivity contribution in [3.05, 3.63) is 29.7 Å². The summed E-state index contributed by atoms with van der Waals surface area (Å²) in [6.07, 6.45) is 1.46. The Morgan fingerprint density at radius 2 is 2.04 bits per heavy atom. The van der Waals surface area contributed by atoms with Gasteiger partial charge in [0.05, 0.1) is 10.4 Å². The number of hydrogen-bond acceptors (Lipinski definition) is 4. The highest BCUT2D eigenvalue weighted by molar-refractivity contribution is 7.13. The number of rotatable bonds is 1. The normalized spacial score (nSPS) is 16.8. The van der Waals surface area contributed by atoms with Crippen LogP contribution in [0, 0.1) is 5.82 Å². The standard InChI is InChI=1S/C17H21FN2O2S/c1-17(2,3)22-16(21)20-8-6-11(7-9-20)15-13-5-4-12(18)10-14(13)23-19-15/h4-5,10-11H,6-9H2,1-3H3. The van der Waals surface area contributed by atoms with Crippen LogP contribution < -0.4 is 0 Å². The molecule has 124 valence electrons. The van der Waals surface area contributed by atoms with Gasteiger partial charge in [0.1, 0.15) is 11.4 Å². The molecule has 0 spiro atoms. The topological polar surface area (TPSA) is 42.4 Å². The summed E-state index contributed by atoms with van der Waals surface area (Å²) in [4.78, 5) is 13.9. The molecular formula is C17H21FN2O2S. The van der Waals surface area contributed by atoms with E-state index in [4.69, 9.17) is 4.74 Å². The molecule has 1 aliphatic heterocycles. The van der Waals surface area contributed by atoms with Crippen molar-refractivity contribution in [3.8, 4) is 0 Å². The van der Waals surface area contributed by atoms with Crippen molar-refractivity contribution in [1.82, 2.24) is 9.27 Å². The largest absolute Gasteiger partial charge is 0.444 e. The van der Waals surface area contributed by atoms with Gasteiger partial charge in [0, 0.05) is 24.4 Å². The predicted molar refractivity (Wildman–Crippen MR) is 89.4 cm³/mol. The number of aromatic nitrogens is 1. The van der Waals surface area contributed by atoms with Crippen molar-refractivity contribution in [1.29, 1.82) is 0 Å². The van der Waals surface area contributed by atoms with E-state index >= 15 is 0 Å². The lowest BCUT2D eigenvalue weighted by Gasteiger charge is -2.33. The number of hydrogen-bond donors (Lipinski definition) is 0. The summed E-state index contributed by atoms with van der Waals surface area (Å²) in [6.45, 7) is 6.95. The van der Waals surface area contributed by atoms with E-state index in [2.05, 4.69) is 4.37 Å². The molecule has 0 aliphatic carbocycles. The van der Waals surface area contributed by atoms with Crippen molar-refractivity contribution in [2.45, 2.75) is 45.1 Å². The van der Waals surface area contributed by atoms with Crippen LogP contribution in [-0.2, 0) is 4.74 Å². The van der Waals surface area contributed by atoms with E-state index in [0.29, 0.717) is 19.0 Å². The summed E-state index contributed by atoms with van der Waals surface area (Å²) >= 11 is 1.34. The van der Waals surface area contributed by atoms with Gasteiger partial charge < -0.3 is 9.64 Å². The van der Waals surface area contributed by atoms with Gasteiger partial charge in [0.25, 0.3) is 0 Å². The number of fused-ring (bicyclic) bond motifs is 1. The molecule has 1 saturated heterocycles. The highest BCUT2D eigenvalue weighted by atomic mass is 32.1. The second-order valence-corrected chi connectivity index (χ2v) is 7.75. The Kier molecular flexibility index (Phi) is 4.27. The molecule has 1 fully saturated rings. The van der Waals surface area contributed by atoms with Crippen LogP contribution >= 0.6 is 11.5 Å². The molecule has 0 bridgehead atoms. The SMILES string of the molecule is CC(C)(C)OC(=O)N1CCC(c2nsc3cc(F)ccc23)CC1. The molecule has 0 N–H and O–H groups in total. The molecule has 1 aliphatic rings. The third-order valence-electron chi connectivity index (χ3n) is 4.00. The fourth-order valence-corrected chi connectivity index (χ4v) is 3.77. The number of carbonyl (C=O) groups excluding carboxylic acids is 1. The van der Waals surface area contributed by atoms with Gasteiger partial charge >= 0.3 is 6.09 Å².